The number of ether oxygens (including phenoxy) is 2. The van der Waals surface area contributed by atoms with Crippen molar-refractivity contribution in [1.29, 1.82) is 0 Å². The summed E-state index contributed by atoms with van der Waals surface area (Å²) in [5.74, 6) is 1.59. The summed E-state index contributed by atoms with van der Waals surface area (Å²) in [4.78, 5) is 2.12. The second kappa shape index (κ2) is 7.57. The largest absolute Gasteiger partial charge is 0.497 e. The van der Waals surface area contributed by atoms with Gasteiger partial charge in [0, 0.05) is 25.2 Å². The van der Waals surface area contributed by atoms with Gasteiger partial charge in [-0.2, -0.15) is 0 Å². The molecule has 22 heavy (non-hydrogen) atoms. The van der Waals surface area contributed by atoms with E-state index < -0.39 is 0 Å². The summed E-state index contributed by atoms with van der Waals surface area (Å²) in [5.41, 5.74) is 1.08. The maximum Gasteiger partial charge on any atom is 0.204 e. The molecule has 1 aromatic carbocycles. The van der Waals surface area contributed by atoms with Crippen LogP contribution >= 0.6 is 23.6 Å². The van der Waals surface area contributed by atoms with Crippen molar-refractivity contribution in [2.75, 3.05) is 33.6 Å². The summed E-state index contributed by atoms with van der Waals surface area (Å²) in [7, 11) is 7.16. The van der Waals surface area contributed by atoms with Crippen molar-refractivity contribution >= 4 is 28.7 Å². The van der Waals surface area contributed by atoms with Gasteiger partial charge in [-0.15, -0.1) is 5.10 Å². The van der Waals surface area contributed by atoms with E-state index in [0.29, 0.717) is 6.67 Å². The first kappa shape index (κ1) is 16.7. The molecule has 0 saturated carbocycles. The number of benzene rings is 1. The van der Waals surface area contributed by atoms with Gasteiger partial charge in [0.05, 0.1) is 20.9 Å². The molecule has 0 amide bonds. The Bertz CT molecular complexity index is 684. The number of anilines is 1. The fourth-order valence-electron chi connectivity index (χ4n) is 2.05. The number of hydrogen-bond donors (Lipinski definition) is 1. The molecule has 0 spiro atoms. The second-order valence-corrected chi connectivity index (χ2v) is 6.38. The summed E-state index contributed by atoms with van der Waals surface area (Å²) in [6.07, 6.45) is 0. The Morgan fingerprint density at radius 2 is 2.14 bits per heavy atom. The van der Waals surface area contributed by atoms with E-state index in [1.54, 1.807) is 14.2 Å². The molecule has 1 heterocycles. The third-order valence-electron chi connectivity index (χ3n) is 3.13. The van der Waals surface area contributed by atoms with E-state index in [4.69, 9.17) is 21.7 Å². The summed E-state index contributed by atoms with van der Waals surface area (Å²) in [6.45, 7) is 1.34. The van der Waals surface area contributed by atoms with E-state index in [2.05, 4.69) is 15.3 Å². The second-order valence-electron chi connectivity index (χ2n) is 4.76. The Morgan fingerprint density at radius 3 is 2.73 bits per heavy atom. The zero-order valence-electron chi connectivity index (χ0n) is 13.1. The van der Waals surface area contributed by atoms with Crippen molar-refractivity contribution in [3.63, 3.8) is 0 Å². The minimum Gasteiger partial charge on any atom is -0.497 e. The van der Waals surface area contributed by atoms with Crippen LogP contribution in [0, 0.1) is 3.95 Å². The summed E-state index contributed by atoms with van der Waals surface area (Å²) < 4.78 is 13.2. The fraction of sp³-hybridized carbons (Fsp3) is 0.429. The molecule has 0 bridgehead atoms. The molecule has 0 fully saturated rings. The molecule has 1 aromatic heterocycles. The highest BCUT2D eigenvalue weighted by molar-refractivity contribution is 7.73. The molecule has 0 aliphatic heterocycles. The van der Waals surface area contributed by atoms with Gasteiger partial charge < -0.3 is 14.8 Å². The highest BCUT2D eigenvalue weighted by Crippen LogP contribution is 2.25. The summed E-state index contributed by atoms with van der Waals surface area (Å²) in [6, 6.07) is 5.82. The van der Waals surface area contributed by atoms with Crippen molar-refractivity contribution in [3.8, 4) is 11.5 Å². The molecular weight excluding hydrogens is 320 g/mol. The van der Waals surface area contributed by atoms with E-state index in [9.17, 15) is 0 Å². The van der Waals surface area contributed by atoms with Crippen LogP contribution in [0.3, 0.4) is 0 Å². The van der Waals surface area contributed by atoms with Gasteiger partial charge in [0.15, 0.2) is 3.95 Å². The average molecular weight is 340 g/mol. The summed E-state index contributed by atoms with van der Waals surface area (Å²) >= 11 is 6.78. The third kappa shape index (κ3) is 3.96. The van der Waals surface area contributed by atoms with Crippen molar-refractivity contribution in [3.05, 3.63) is 27.7 Å². The number of methoxy groups -OCH3 is 2. The molecular formula is C14H20N4O2S2. The minimum absolute atomic E-state index is 0.617. The van der Waals surface area contributed by atoms with Crippen LogP contribution < -0.4 is 14.8 Å². The van der Waals surface area contributed by atoms with Crippen LogP contribution in [0.2, 0.25) is 0 Å². The lowest BCUT2D eigenvalue weighted by Gasteiger charge is -2.18. The van der Waals surface area contributed by atoms with Gasteiger partial charge in [0.1, 0.15) is 11.5 Å². The van der Waals surface area contributed by atoms with Gasteiger partial charge in [-0.25, -0.2) is 4.68 Å². The summed E-state index contributed by atoms with van der Waals surface area (Å²) in [5, 5.41) is 8.24. The third-order valence-corrected chi connectivity index (χ3v) is 4.46. The average Bonchev–Trinajstić information content (AvgIpc) is 2.87. The molecule has 2 rings (SSSR count). The first-order valence-electron chi connectivity index (χ1n) is 6.72. The first-order valence-corrected chi connectivity index (χ1v) is 7.95. The number of hydrogen-bond acceptors (Lipinski definition) is 7. The van der Waals surface area contributed by atoms with Gasteiger partial charge in [-0.1, -0.05) is 17.4 Å². The highest BCUT2D eigenvalue weighted by Gasteiger charge is 2.10. The van der Waals surface area contributed by atoms with Crippen LogP contribution in [0.1, 0.15) is 5.56 Å². The van der Waals surface area contributed by atoms with Crippen molar-refractivity contribution in [2.24, 2.45) is 0 Å². The molecule has 0 aliphatic carbocycles. The molecule has 0 saturated heterocycles. The van der Waals surface area contributed by atoms with Gasteiger partial charge >= 0.3 is 0 Å². The van der Waals surface area contributed by atoms with Crippen molar-refractivity contribution < 1.29 is 9.47 Å². The topological polar surface area (TPSA) is 51.6 Å². The predicted molar refractivity (Wildman–Crippen MR) is 91.5 cm³/mol. The van der Waals surface area contributed by atoms with Crippen molar-refractivity contribution in [1.82, 2.24) is 14.7 Å². The number of rotatable bonds is 7. The van der Waals surface area contributed by atoms with Gasteiger partial charge in [-0.3, -0.25) is 4.90 Å². The molecule has 0 radical (unpaired) electrons. The van der Waals surface area contributed by atoms with Crippen LogP contribution in [-0.2, 0) is 13.2 Å². The fourth-order valence-corrected chi connectivity index (χ4v) is 2.99. The maximum atomic E-state index is 5.43. The van der Waals surface area contributed by atoms with Crippen molar-refractivity contribution in [2.45, 2.75) is 13.2 Å². The lowest BCUT2D eigenvalue weighted by atomic mass is 10.2. The molecule has 0 unspecified atom stereocenters. The highest BCUT2D eigenvalue weighted by atomic mass is 32.1. The van der Waals surface area contributed by atoms with Gasteiger partial charge in [-0.05, 0) is 25.3 Å². The number of aromatic nitrogens is 2. The number of nitrogens with zero attached hydrogens (tertiary/aromatic N) is 3. The molecule has 2 aromatic rings. The van der Waals surface area contributed by atoms with Crippen LogP contribution in [0.5, 0.6) is 11.5 Å². The maximum absolute atomic E-state index is 5.43. The Hall–Kier alpha value is -1.64. The monoisotopic (exact) mass is 340 g/mol. The lowest BCUT2D eigenvalue weighted by Crippen LogP contribution is -2.22. The van der Waals surface area contributed by atoms with E-state index in [1.165, 1.54) is 11.3 Å². The Labute approximate surface area is 139 Å². The zero-order valence-corrected chi connectivity index (χ0v) is 14.8. The van der Waals surface area contributed by atoms with E-state index in [0.717, 1.165) is 32.7 Å². The van der Waals surface area contributed by atoms with E-state index >= 15 is 0 Å². The van der Waals surface area contributed by atoms with Crippen LogP contribution in [0.25, 0.3) is 0 Å². The smallest absolute Gasteiger partial charge is 0.204 e. The first-order chi connectivity index (χ1) is 10.6. The van der Waals surface area contributed by atoms with Crippen LogP contribution in [0.4, 0.5) is 5.13 Å². The van der Waals surface area contributed by atoms with Gasteiger partial charge in [0.25, 0.3) is 0 Å². The molecule has 1 N–H and O–H groups in total. The SMILES string of the molecule is CNc1nn(CN(C)Cc2ccc(OC)cc2OC)c(=S)s1. The quantitative estimate of drug-likeness (QED) is 0.782. The van der Waals surface area contributed by atoms with Crippen LogP contribution in [-0.4, -0.2) is 43.0 Å². The Balaban J connectivity index is 2.09. The molecule has 6 nitrogen and oxygen atoms in total. The lowest BCUT2D eigenvalue weighted by molar-refractivity contribution is 0.242. The number of nitrogens with one attached hydrogen (secondary N) is 1. The molecule has 0 atom stereocenters. The Kier molecular flexibility index (Phi) is 5.76. The minimum atomic E-state index is 0.617. The molecule has 0 aliphatic rings. The predicted octanol–water partition coefficient (Wildman–Crippen LogP) is 2.82. The standard InChI is InChI=1S/C14H20N4O2S2/c1-15-13-16-18(14(21)22-13)9-17(2)8-10-5-6-11(19-3)7-12(10)20-4/h5-7H,8-9H2,1-4H3,(H,15,16). The van der Waals surface area contributed by atoms with E-state index in [-0.39, 0.29) is 0 Å². The molecule has 120 valence electrons. The van der Waals surface area contributed by atoms with E-state index in [1.807, 2.05) is 37.0 Å². The van der Waals surface area contributed by atoms with Crippen LogP contribution in [0.15, 0.2) is 18.2 Å². The molecule has 8 heteroatoms. The normalized spacial score (nSPS) is 10.8. The zero-order chi connectivity index (χ0) is 16.1. The van der Waals surface area contributed by atoms with Gasteiger partial charge in [0.2, 0.25) is 5.13 Å². The Morgan fingerprint density at radius 1 is 1.36 bits per heavy atom.